The molecular weight excluding hydrogens is 692 g/mol. The van der Waals surface area contributed by atoms with Gasteiger partial charge >= 0.3 is 251 Å². The molecule has 0 saturated heterocycles. The number of benzene rings is 4. The quantitative estimate of drug-likeness (QED) is 0.179. The second kappa shape index (κ2) is 12.2. The molecule has 0 saturated carbocycles. The summed E-state index contributed by atoms with van der Waals surface area (Å²) in [6.45, 7) is 8.64. The van der Waals surface area contributed by atoms with Crippen LogP contribution >= 0.6 is 24.8 Å². The smallest absolute Gasteiger partial charge is 0.147 e. The molecular formula is C37H39Cl2F3SiZr. The van der Waals surface area contributed by atoms with E-state index in [9.17, 15) is 13.2 Å². The van der Waals surface area contributed by atoms with Gasteiger partial charge in [-0.1, -0.05) is 0 Å². The number of halogens is 5. The molecule has 2 atom stereocenters. The van der Waals surface area contributed by atoms with E-state index < -0.39 is 29.1 Å². The summed E-state index contributed by atoms with van der Waals surface area (Å²) < 4.78 is 49.3. The van der Waals surface area contributed by atoms with Crippen LogP contribution in [0.5, 0.6) is 0 Å². The first-order valence-corrected chi connectivity index (χ1v) is 28.4. The minimum Gasteiger partial charge on any atom is -0.147 e. The normalized spacial score (nSPS) is 17.7. The number of rotatable bonds is 5. The van der Waals surface area contributed by atoms with Gasteiger partial charge in [-0.2, -0.15) is 0 Å². The van der Waals surface area contributed by atoms with E-state index in [2.05, 4.69) is 91.5 Å². The Labute approximate surface area is 274 Å². The molecule has 4 aromatic rings. The molecule has 44 heavy (non-hydrogen) atoms. The van der Waals surface area contributed by atoms with Crippen molar-refractivity contribution < 1.29 is 30.6 Å². The molecule has 0 aromatic heterocycles. The molecule has 0 heterocycles. The number of alkyl halides is 3. The van der Waals surface area contributed by atoms with Crippen LogP contribution in [0.1, 0.15) is 55.8 Å². The molecule has 0 fully saturated rings. The van der Waals surface area contributed by atoms with Crippen molar-refractivity contribution in [2.75, 3.05) is 0 Å². The van der Waals surface area contributed by atoms with Crippen LogP contribution in [0.25, 0.3) is 34.4 Å². The first-order chi connectivity index (χ1) is 19.8. The van der Waals surface area contributed by atoms with Crippen molar-refractivity contribution in [2.24, 2.45) is 5.92 Å². The topological polar surface area (TPSA) is 0 Å². The number of hydrogen-bond donors (Lipinski definition) is 0. The first kappa shape index (κ1) is 34.7. The molecule has 4 aromatic carbocycles. The zero-order valence-electron chi connectivity index (χ0n) is 25.7. The van der Waals surface area contributed by atoms with Crippen molar-refractivity contribution in [3.63, 3.8) is 0 Å². The zero-order valence-corrected chi connectivity index (χ0v) is 31.2. The molecule has 0 aliphatic heterocycles. The molecule has 0 bridgehead atoms. The molecule has 0 radical (unpaired) electrons. The fourth-order valence-corrected chi connectivity index (χ4v) is 28.4. The van der Waals surface area contributed by atoms with Crippen LogP contribution in [-0.2, 0) is 23.6 Å². The molecule has 0 amide bonds. The Morgan fingerprint density at radius 3 is 1.75 bits per heavy atom. The van der Waals surface area contributed by atoms with Crippen LogP contribution in [0, 0.1) is 5.92 Å². The van der Waals surface area contributed by atoms with E-state index in [4.69, 9.17) is 0 Å². The molecule has 230 valence electrons. The van der Waals surface area contributed by atoms with E-state index in [1.807, 2.05) is 36.4 Å². The first-order valence-electron chi connectivity index (χ1n) is 14.7. The standard InChI is InChI=1S/C18H17.C17H12F3.2CH3.2ClH.H2Si.Zr/c1-13(2)16-11-15-9-6-10-17(18(15)12-16)14-7-4-3-5-8-14;1-11-9-14-13(12-5-3-2-4-6-12)7-8-16(15(14)10-11)17(18,19)20;;;;;;/h3-13H,1-2H3;2-10H,1H3;2*1H3;2*1H;1H2;. The van der Waals surface area contributed by atoms with Crippen LogP contribution in [0.2, 0.25) is 9.26 Å². The fraction of sp³-hybridized carbons (Fsp3) is 0.243. The number of fused-ring (bicyclic) bond motifs is 2. The fourth-order valence-electron chi connectivity index (χ4n) is 8.00. The van der Waals surface area contributed by atoms with Crippen LogP contribution in [-0.4, -0.2) is 6.88 Å². The van der Waals surface area contributed by atoms with Crippen molar-refractivity contribution in [1.29, 1.82) is 0 Å². The Balaban J connectivity index is 0.00000221. The molecule has 0 spiro atoms. The van der Waals surface area contributed by atoms with Crippen LogP contribution in [0.15, 0.2) is 102 Å². The van der Waals surface area contributed by atoms with Crippen molar-refractivity contribution in [3.05, 3.63) is 130 Å². The molecule has 2 aliphatic carbocycles. The maximum atomic E-state index is 14.8. The van der Waals surface area contributed by atoms with Gasteiger partial charge in [0, 0.05) is 0 Å². The number of hydrogen-bond acceptors (Lipinski definition) is 0. The van der Waals surface area contributed by atoms with Gasteiger partial charge < -0.3 is 0 Å². The van der Waals surface area contributed by atoms with Crippen molar-refractivity contribution in [2.45, 2.75) is 43.5 Å². The predicted molar refractivity (Wildman–Crippen MR) is 185 cm³/mol. The van der Waals surface area contributed by atoms with E-state index in [0.717, 1.165) is 22.3 Å². The summed E-state index contributed by atoms with van der Waals surface area (Å²) in [6, 6.07) is 29.9. The Morgan fingerprint density at radius 1 is 0.682 bits per heavy atom. The average molecular weight is 731 g/mol. The van der Waals surface area contributed by atoms with Gasteiger partial charge in [-0.05, 0) is 0 Å². The van der Waals surface area contributed by atoms with Crippen LogP contribution < -0.4 is 0 Å². The summed E-state index contributed by atoms with van der Waals surface area (Å²) in [7, 11) is 0. The maximum absolute atomic E-state index is 14.8. The third-order valence-corrected chi connectivity index (χ3v) is 27.1. The van der Waals surface area contributed by atoms with Gasteiger partial charge in [-0.15, -0.1) is 24.8 Å². The minimum absolute atomic E-state index is 0. The Morgan fingerprint density at radius 2 is 1.23 bits per heavy atom. The predicted octanol–water partition coefficient (Wildman–Crippen LogP) is 11.5. The van der Waals surface area contributed by atoms with Crippen LogP contribution in [0.4, 0.5) is 13.2 Å². The van der Waals surface area contributed by atoms with Crippen molar-refractivity contribution in [3.8, 4) is 22.3 Å². The van der Waals surface area contributed by atoms with Gasteiger partial charge in [0.15, 0.2) is 0 Å². The average Bonchev–Trinajstić information content (AvgIpc) is 3.52. The van der Waals surface area contributed by atoms with Gasteiger partial charge in [0.05, 0.1) is 0 Å². The largest absolute Gasteiger partial charge is 0.147 e. The van der Waals surface area contributed by atoms with Gasteiger partial charge in [0.1, 0.15) is 0 Å². The van der Waals surface area contributed by atoms with E-state index in [1.165, 1.54) is 33.9 Å². The van der Waals surface area contributed by atoms with Crippen molar-refractivity contribution >= 4 is 43.8 Å². The zero-order chi connectivity index (χ0) is 30.1. The summed E-state index contributed by atoms with van der Waals surface area (Å²) >= 11 is -4.23. The van der Waals surface area contributed by atoms with Gasteiger partial charge in [-0.3, -0.25) is 0 Å². The van der Waals surface area contributed by atoms with E-state index in [0.29, 0.717) is 5.56 Å². The minimum atomic E-state index is -4.43. The maximum Gasteiger partial charge on any atom is -0.147 e. The molecule has 0 N–H and O–H groups in total. The molecule has 2 unspecified atom stereocenters. The molecule has 2 aliphatic rings. The van der Waals surface area contributed by atoms with Gasteiger partial charge in [0.25, 0.3) is 0 Å². The van der Waals surface area contributed by atoms with Gasteiger partial charge in [0.2, 0.25) is 0 Å². The third kappa shape index (κ3) is 5.68. The third-order valence-electron chi connectivity index (χ3n) is 9.54. The molecule has 7 heteroatoms. The second-order valence-electron chi connectivity index (χ2n) is 13.5. The summed E-state index contributed by atoms with van der Waals surface area (Å²) in [5.41, 5.74) is 9.95. The van der Waals surface area contributed by atoms with E-state index >= 15 is 0 Å². The number of allylic oxidation sites excluding steroid dienone is 2. The molecule has 6 rings (SSSR count). The van der Waals surface area contributed by atoms with Crippen molar-refractivity contribution in [1.82, 2.24) is 0 Å². The SMILES string of the molecule is CC1=Cc2c(-c3ccccc3)ccc(C(F)(F)F)c2[CH]1[Zr]([CH3])([CH3])(=[SiH2])[CH]1C(C(C)C)=Cc2c(-c3ccccc3)cccc21.Cl.Cl. The summed E-state index contributed by atoms with van der Waals surface area (Å²) in [6.07, 6.45) is 0.0182. The van der Waals surface area contributed by atoms with E-state index in [-0.39, 0.29) is 38.0 Å². The Bertz CT molecular complexity index is 1830. The summed E-state index contributed by atoms with van der Waals surface area (Å²) in [5.74, 6) is 0.284. The van der Waals surface area contributed by atoms with E-state index in [1.54, 1.807) is 6.07 Å². The second-order valence-corrected chi connectivity index (χ2v) is 44.0. The Kier molecular flexibility index (Phi) is 9.63. The monoisotopic (exact) mass is 728 g/mol. The Hall–Kier alpha value is -2.17. The summed E-state index contributed by atoms with van der Waals surface area (Å²) in [4.78, 5) is 0. The van der Waals surface area contributed by atoms with Gasteiger partial charge in [-0.25, -0.2) is 0 Å². The summed E-state index contributed by atoms with van der Waals surface area (Å²) in [5, 5.41) is 0. The van der Waals surface area contributed by atoms with Crippen LogP contribution in [0.3, 0.4) is 0 Å². The molecule has 0 nitrogen and oxygen atoms in total.